The summed E-state index contributed by atoms with van der Waals surface area (Å²) in [6, 6.07) is 7.03. The Labute approximate surface area is 123 Å². The van der Waals surface area contributed by atoms with E-state index in [1.54, 1.807) is 17.4 Å². The Bertz CT molecular complexity index is 546. The molecule has 0 radical (unpaired) electrons. The van der Waals surface area contributed by atoms with Crippen molar-refractivity contribution in [1.82, 2.24) is 5.32 Å². The summed E-state index contributed by atoms with van der Waals surface area (Å²) in [5.74, 6) is 0.0314. The van der Waals surface area contributed by atoms with Crippen molar-refractivity contribution in [3.8, 4) is 5.75 Å². The van der Waals surface area contributed by atoms with E-state index in [1.807, 2.05) is 22.9 Å². The average Bonchev–Trinajstić information content (AvgIpc) is 2.87. The van der Waals surface area contributed by atoms with Gasteiger partial charge in [0.05, 0.1) is 0 Å². The van der Waals surface area contributed by atoms with Crippen molar-refractivity contribution in [3.63, 3.8) is 0 Å². The van der Waals surface area contributed by atoms with Crippen LogP contribution in [0.1, 0.15) is 31.9 Å². The molecule has 2 nitrogen and oxygen atoms in total. The third-order valence-corrected chi connectivity index (χ3v) is 3.55. The van der Waals surface area contributed by atoms with E-state index in [9.17, 15) is 4.39 Å². The van der Waals surface area contributed by atoms with Crippen LogP contribution in [0.25, 0.3) is 0 Å². The monoisotopic (exact) mass is 293 g/mol. The van der Waals surface area contributed by atoms with Gasteiger partial charge in [-0.05, 0) is 49.2 Å². The van der Waals surface area contributed by atoms with Crippen LogP contribution in [0.3, 0.4) is 0 Å². The molecule has 108 valence electrons. The van der Waals surface area contributed by atoms with Gasteiger partial charge in [0.25, 0.3) is 0 Å². The van der Waals surface area contributed by atoms with Gasteiger partial charge in [0.1, 0.15) is 6.61 Å². The van der Waals surface area contributed by atoms with Crippen molar-refractivity contribution >= 4 is 11.3 Å². The zero-order valence-corrected chi connectivity index (χ0v) is 12.9. The molecule has 0 fully saturated rings. The zero-order chi connectivity index (χ0) is 14.6. The van der Waals surface area contributed by atoms with Gasteiger partial charge < -0.3 is 10.1 Å². The van der Waals surface area contributed by atoms with Crippen molar-refractivity contribution in [1.29, 1.82) is 0 Å². The Morgan fingerprint density at radius 2 is 2.05 bits per heavy atom. The largest absolute Gasteiger partial charge is 0.485 e. The van der Waals surface area contributed by atoms with Crippen LogP contribution in [0, 0.1) is 5.82 Å². The van der Waals surface area contributed by atoms with E-state index in [0.717, 1.165) is 11.1 Å². The highest BCUT2D eigenvalue weighted by Gasteiger charge is 2.14. The van der Waals surface area contributed by atoms with Crippen molar-refractivity contribution in [2.45, 2.75) is 39.5 Å². The maximum absolute atomic E-state index is 13.9. The minimum absolute atomic E-state index is 0.0169. The summed E-state index contributed by atoms with van der Waals surface area (Å²) in [5.41, 5.74) is 1.89. The van der Waals surface area contributed by atoms with E-state index in [0.29, 0.717) is 18.9 Å². The van der Waals surface area contributed by atoms with Crippen molar-refractivity contribution in [3.05, 3.63) is 52.0 Å². The number of hydrogen-bond acceptors (Lipinski definition) is 3. The molecule has 4 heteroatoms. The first-order valence-electron chi connectivity index (χ1n) is 6.62. The van der Waals surface area contributed by atoms with E-state index < -0.39 is 0 Å². The van der Waals surface area contributed by atoms with Gasteiger partial charge in [-0.15, -0.1) is 0 Å². The first-order chi connectivity index (χ1) is 9.46. The normalized spacial score (nSPS) is 11.6. The number of nitrogens with one attached hydrogen (secondary N) is 1. The number of para-hydroxylation sites is 1. The van der Waals surface area contributed by atoms with E-state index in [1.165, 1.54) is 6.07 Å². The maximum atomic E-state index is 13.9. The first-order valence-corrected chi connectivity index (χ1v) is 7.56. The van der Waals surface area contributed by atoms with Crippen LogP contribution in [0.15, 0.2) is 35.0 Å². The van der Waals surface area contributed by atoms with Gasteiger partial charge in [0.15, 0.2) is 11.6 Å². The maximum Gasteiger partial charge on any atom is 0.165 e. The first kappa shape index (κ1) is 15.0. The topological polar surface area (TPSA) is 21.3 Å². The third-order valence-electron chi connectivity index (χ3n) is 2.82. The molecule has 1 N–H and O–H groups in total. The van der Waals surface area contributed by atoms with Crippen LogP contribution >= 0.6 is 11.3 Å². The average molecular weight is 293 g/mol. The van der Waals surface area contributed by atoms with Gasteiger partial charge in [-0.3, -0.25) is 0 Å². The molecular weight excluding hydrogens is 273 g/mol. The Morgan fingerprint density at radius 3 is 2.70 bits per heavy atom. The van der Waals surface area contributed by atoms with Gasteiger partial charge >= 0.3 is 0 Å². The molecule has 1 aromatic carbocycles. The minimum Gasteiger partial charge on any atom is -0.485 e. The molecule has 0 aliphatic rings. The smallest absolute Gasteiger partial charge is 0.165 e. The predicted octanol–water partition coefficient (Wildman–Crippen LogP) is 4.35. The minimum atomic E-state index is -0.312. The molecule has 0 atom stereocenters. The molecule has 0 amide bonds. The highest BCUT2D eigenvalue weighted by atomic mass is 32.1. The van der Waals surface area contributed by atoms with Crippen LogP contribution < -0.4 is 10.1 Å². The molecule has 0 bridgehead atoms. The lowest BCUT2D eigenvalue weighted by Gasteiger charge is -2.21. The standard InChI is InChI=1S/C16H20FNOS/c1-16(2,3)18-9-13-5-4-6-14(17)15(13)19-10-12-7-8-20-11-12/h4-8,11,18H,9-10H2,1-3H3. The molecule has 1 aromatic heterocycles. The number of rotatable bonds is 5. The second-order valence-electron chi connectivity index (χ2n) is 5.75. The molecule has 0 unspecified atom stereocenters. The van der Waals surface area contributed by atoms with Gasteiger partial charge in [0, 0.05) is 17.6 Å². The molecule has 0 aliphatic carbocycles. The summed E-state index contributed by atoms with van der Waals surface area (Å²) < 4.78 is 19.6. The second-order valence-corrected chi connectivity index (χ2v) is 6.53. The molecule has 0 spiro atoms. The summed E-state index contributed by atoms with van der Waals surface area (Å²) in [6.07, 6.45) is 0. The molecule has 0 saturated heterocycles. The molecular formula is C16H20FNOS. The van der Waals surface area contributed by atoms with E-state index >= 15 is 0 Å². The Morgan fingerprint density at radius 1 is 1.25 bits per heavy atom. The van der Waals surface area contributed by atoms with E-state index in [4.69, 9.17) is 4.74 Å². The van der Waals surface area contributed by atoms with Crippen LogP contribution in [-0.2, 0) is 13.2 Å². The lowest BCUT2D eigenvalue weighted by atomic mass is 10.1. The fraction of sp³-hybridized carbons (Fsp3) is 0.375. The fourth-order valence-corrected chi connectivity index (χ4v) is 2.40. The predicted molar refractivity (Wildman–Crippen MR) is 81.6 cm³/mol. The van der Waals surface area contributed by atoms with Crippen LogP contribution in [-0.4, -0.2) is 5.54 Å². The highest BCUT2D eigenvalue weighted by molar-refractivity contribution is 7.07. The Hall–Kier alpha value is -1.39. The van der Waals surface area contributed by atoms with Gasteiger partial charge in [-0.2, -0.15) is 11.3 Å². The zero-order valence-electron chi connectivity index (χ0n) is 12.1. The lowest BCUT2D eigenvalue weighted by molar-refractivity contribution is 0.285. The van der Waals surface area contributed by atoms with Crippen molar-refractivity contribution in [2.75, 3.05) is 0 Å². The highest BCUT2D eigenvalue weighted by Crippen LogP contribution is 2.24. The number of benzene rings is 1. The number of halogens is 1. The molecule has 1 heterocycles. The van der Waals surface area contributed by atoms with Crippen LogP contribution in [0.5, 0.6) is 5.75 Å². The quantitative estimate of drug-likeness (QED) is 0.884. The molecule has 2 aromatic rings. The lowest BCUT2D eigenvalue weighted by Crippen LogP contribution is -2.35. The fourth-order valence-electron chi connectivity index (χ4n) is 1.75. The van der Waals surface area contributed by atoms with Gasteiger partial charge in [-0.1, -0.05) is 12.1 Å². The van der Waals surface area contributed by atoms with Crippen LogP contribution in [0.4, 0.5) is 4.39 Å². The molecule has 0 aliphatic heterocycles. The second kappa shape index (κ2) is 6.37. The summed E-state index contributed by atoms with van der Waals surface area (Å²) in [7, 11) is 0. The molecule has 20 heavy (non-hydrogen) atoms. The molecule has 0 saturated carbocycles. The summed E-state index contributed by atoms with van der Waals surface area (Å²) >= 11 is 1.61. The number of hydrogen-bond donors (Lipinski definition) is 1. The summed E-state index contributed by atoms with van der Waals surface area (Å²) in [4.78, 5) is 0. The summed E-state index contributed by atoms with van der Waals surface area (Å²) in [5, 5.41) is 7.35. The van der Waals surface area contributed by atoms with E-state index in [2.05, 4.69) is 26.1 Å². The van der Waals surface area contributed by atoms with E-state index in [-0.39, 0.29) is 11.4 Å². The van der Waals surface area contributed by atoms with Gasteiger partial charge in [0.2, 0.25) is 0 Å². The molecule has 2 rings (SSSR count). The third kappa shape index (κ3) is 4.32. The Balaban J connectivity index is 2.09. The summed E-state index contributed by atoms with van der Waals surface area (Å²) in [6.45, 7) is 7.22. The SMILES string of the molecule is CC(C)(C)NCc1cccc(F)c1OCc1ccsc1. The number of ether oxygens (including phenoxy) is 1. The Kier molecular flexibility index (Phi) is 4.78. The van der Waals surface area contributed by atoms with Gasteiger partial charge in [-0.25, -0.2) is 4.39 Å². The number of thiophene rings is 1. The van der Waals surface area contributed by atoms with Crippen molar-refractivity contribution < 1.29 is 9.13 Å². The van der Waals surface area contributed by atoms with Crippen molar-refractivity contribution in [2.24, 2.45) is 0 Å². The van der Waals surface area contributed by atoms with Crippen LogP contribution in [0.2, 0.25) is 0 Å².